The largest absolute Gasteiger partial charge is 0.489 e. The molecule has 162 valence electrons. The van der Waals surface area contributed by atoms with Crippen molar-refractivity contribution in [3.05, 3.63) is 59.9 Å². The third-order valence-corrected chi connectivity index (χ3v) is 7.16. The molecule has 0 bridgehead atoms. The molecule has 8 nitrogen and oxygen atoms in total. The zero-order chi connectivity index (χ0) is 21.9. The van der Waals surface area contributed by atoms with Crippen LogP contribution in [0.25, 0.3) is 0 Å². The quantitative estimate of drug-likeness (QED) is 0.526. The van der Waals surface area contributed by atoms with E-state index in [4.69, 9.17) is 9.94 Å². The molecule has 2 N–H and O–H groups in total. The molecule has 2 aromatic carbocycles. The van der Waals surface area contributed by atoms with Crippen LogP contribution in [-0.2, 0) is 21.4 Å². The van der Waals surface area contributed by atoms with Gasteiger partial charge < -0.3 is 9.64 Å². The van der Waals surface area contributed by atoms with E-state index in [-0.39, 0.29) is 23.9 Å². The Morgan fingerprint density at radius 3 is 2.40 bits per heavy atom. The number of likely N-dealkylation sites (N-methyl/N-ethyl adjacent to an activating group) is 1. The van der Waals surface area contributed by atoms with Crippen LogP contribution < -0.4 is 10.2 Å². The number of piperazine rings is 1. The second-order valence-electron chi connectivity index (χ2n) is 7.14. The fourth-order valence-electron chi connectivity index (χ4n) is 3.36. The van der Waals surface area contributed by atoms with Crippen molar-refractivity contribution in [1.29, 1.82) is 0 Å². The van der Waals surface area contributed by atoms with Gasteiger partial charge in [-0.05, 0) is 55.9 Å². The Morgan fingerprint density at radius 1 is 1.17 bits per heavy atom. The smallest absolute Gasteiger partial charge is 0.263 e. The number of nitrogens with zero attached hydrogens (tertiary/aromatic N) is 2. The van der Waals surface area contributed by atoms with Gasteiger partial charge >= 0.3 is 0 Å². The molecule has 2 aromatic rings. The van der Waals surface area contributed by atoms with Crippen molar-refractivity contribution < 1.29 is 27.5 Å². The first kappa shape index (κ1) is 22.2. The summed E-state index contributed by atoms with van der Waals surface area (Å²) in [4.78, 5) is 14.0. The number of ether oxygens (including phenoxy) is 1. The predicted octanol–water partition coefficient (Wildman–Crippen LogP) is 1.60. The summed E-state index contributed by atoms with van der Waals surface area (Å²) in [5.41, 5.74) is 2.34. The van der Waals surface area contributed by atoms with Crippen LogP contribution in [0.4, 0.5) is 4.39 Å². The van der Waals surface area contributed by atoms with Gasteiger partial charge in [0, 0.05) is 19.1 Å². The molecular formula is C20H24FN3O5S. The Hall–Kier alpha value is -2.53. The van der Waals surface area contributed by atoms with Crippen LogP contribution >= 0.6 is 0 Å². The molecule has 1 aliphatic rings. The van der Waals surface area contributed by atoms with Gasteiger partial charge in [0.2, 0.25) is 10.0 Å². The minimum atomic E-state index is -3.97. The maximum atomic E-state index is 13.2. The van der Waals surface area contributed by atoms with E-state index in [2.05, 4.69) is 0 Å². The molecule has 1 heterocycles. The first-order valence-corrected chi connectivity index (χ1v) is 10.8. The number of rotatable bonds is 6. The molecule has 2 atom stereocenters. The SMILES string of the molecule is CC1C(C(=O)NO)N(S(=O)(=O)c2ccc(OCc3ccc(F)cc3)cc2)CCN1C. The van der Waals surface area contributed by atoms with Crippen LogP contribution in [-0.4, -0.2) is 61.0 Å². The maximum absolute atomic E-state index is 13.2. The van der Waals surface area contributed by atoms with Gasteiger partial charge in [-0.15, -0.1) is 0 Å². The standard InChI is InChI=1S/C20H24FN3O5S/c1-14-19(20(25)22-26)24(12-11-23(14)2)30(27,28)18-9-7-17(8-10-18)29-13-15-3-5-16(21)6-4-15/h3-10,14,19,26H,11-13H2,1-2H3,(H,22,25). The highest BCUT2D eigenvalue weighted by molar-refractivity contribution is 7.89. The third kappa shape index (κ3) is 4.62. The van der Waals surface area contributed by atoms with Gasteiger partial charge in [-0.3, -0.25) is 10.0 Å². The molecule has 1 saturated heterocycles. The maximum Gasteiger partial charge on any atom is 0.263 e. The molecule has 0 aliphatic carbocycles. The molecule has 2 unspecified atom stereocenters. The lowest BCUT2D eigenvalue weighted by molar-refractivity contribution is -0.136. The van der Waals surface area contributed by atoms with Crippen molar-refractivity contribution in [2.45, 2.75) is 30.5 Å². The van der Waals surface area contributed by atoms with Crippen molar-refractivity contribution in [3.63, 3.8) is 0 Å². The summed E-state index contributed by atoms with van der Waals surface area (Å²) in [5.74, 6) is -0.661. The number of carbonyl (C=O) groups is 1. The molecule has 30 heavy (non-hydrogen) atoms. The second-order valence-corrected chi connectivity index (χ2v) is 9.03. The van der Waals surface area contributed by atoms with E-state index in [0.717, 1.165) is 9.87 Å². The summed E-state index contributed by atoms with van der Waals surface area (Å²) in [7, 11) is -2.18. The van der Waals surface area contributed by atoms with E-state index < -0.39 is 28.0 Å². The molecule has 0 saturated carbocycles. The number of halogens is 1. The highest BCUT2D eigenvalue weighted by atomic mass is 32.2. The van der Waals surface area contributed by atoms with E-state index in [1.165, 1.54) is 36.4 Å². The third-order valence-electron chi connectivity index (χ3n) is 5.26. The van der Waals surface area contributed by atoms with Gasteiger partial charge in [-0.1, -0.05) is 12.1 Å². The lowest BCUT2D eigenvalue weighted by Gasteiger charge is -2.42. The van der Waals surface area contributed by atoms with Gasteiger partial charge in [-0.25, -0.2) is 18.3 Å². The number of benzene rings is 2. The normalized spacial score (nSPS) is 20.7. The summed E-state index contributed by atoms with van der Waals surface area (Å²) in [6, 6.07) is 10.3. The van der Waals surface area contributed by atoms with E-state index >= 15 is 0 Å². The highest BCUT2D eigenvalue weighted by Gasteiger charge is 2.43. The van der Waals surface area contributed by atoms with Crippen LogP contribution in [0.2, 0.25) is 0 Å². The number of carbonyl (C=O) groups excluding carboxylic acids is 1. The van der Waals surface area contributed by atoms with Crippen LogP contribution in [0.15, 0.2) is 53.4 Å². The van der Waals surface area contributed by atoms with Crippen molar-refractivity contribution in [2.24, 2.45) is 0 Å². The summed E-state index contributed by atoms with van der Waals surface area (Å²) < 4.78 is 46.0. The van der Waals surface area contributed by atoms with Crippen molar-refractivity contribution in [2.75, 3.05) is 20.1 Å². The van der Waals surface area contributed by atoms with Gasteiger partial charge in [-0.2, -0.15) is 4.31 Å². The van der Waals surface area contributed by atoms with E-state index in [9.17, 15) is 17.6 Å². The molecule has 0 radical (unpaired) electrons. The fourth-order valence-corrected chi connectivity index (χ4v) is 5.00. The number of amides is 1. The molecule has 1 fully saturated rings. The molecule has 0 spiro atoms. The van der Waals surface area contributed by atoms with Gasteiger partial charge in [0.15, 0.2) is 0 Å². The molecule has 1 aliphatic heterocycles. The van der Waals surface area contributed by atoms with Crippen LogP contribution in [0.1, 0.15) is 12.5 Å². The van der Waals surface area contributed by atoms with Gasteiger partial charge in [0.05, 0.1) is 4.90 Å². The van der Waals surface area contributed by atoms with Crippen LogP contribution in [0.5, 0.6) is 5.75 Å². The fraction of sp³-hybridized carbons (Fsp3) is 0.350. The van der Waals surface area contributed by atoms with E-state index in [0.29, 0.717) is 12.3 Å². The number of sulfonamides is 1. The van der Waals surface area contributed by atoms with Gasteiger partial charge in [0.1, 0.15) is 24.2 Å². The Balaban J connectivity index is 1.76. The molecule has 1 amide bonds. The zero-order valence-corrected chi connectivity index (χ0v) is 17.5. The number of hydrogen-bond donors (Lipinski definition) is 2. The molecule has 3 rings (SSSR count). The summed E-state index contributed by atoms with van der Waals surface area (Å²) in [6.07, 6.45) is 0. The van der Waals surface area contributed by atoms with Crippen molar-refractivity contribution in [3.8, 4) is 5.75 Å². The molecule has 10 heteroatoms. The number of hydroxylamine groups is 1. The molecular weight excluding hydrogens is 413 g/mol. The first-order chi connectivity index (χ1) is 14.2. The van der Waals surface area contributed by atoms with Crippen LogP contribution in [0.3, 0.4) is 0 Å². The Labute approximate surface area is 174 Å². The summed E-state index contributed by atoms with van der Waals surface area (Å²) in [5, 5.41) is 9.07. The van der Waals surface area contributed by atoms with E-state index in [1.807, 2.05) is 4.90 Å². The number of nitrogens with one attached hydrogen (secondary N) is 1. The minimum absolute atomic E-state index is 0.0177. The van der Waals surface area contributed by atoms with Gasteiger partial charge in [0.25, 0.3) is 5.91 Å². The topological polar surface area (TPSA) is 99.2 Å². The first-order valence-electron chi connectivity index (χ1n) is 9.37. The summed E-state index contributed by atoms with van der Waals surface area (Å²) >= 11 is 0. The second kappa shape index (κ2) is 9.09. The number of hydrogen-bond acceptors (Lipinski definition) is 6. The Kier molecular flexibility index (Phi) is 6.71. The predicted molar refractivity (Wildman–Crippen MR) is 107 cm³/mol. The van der Waals surface area contributed by atoms with Crippen molar-refractivity contribution in [1.82, 2.24) is 14.7 Å². The molecule has 0 aromatic heterocycles. The highest BCUT2D eigenvalue weighted by Crippen LogP contribution is 2.26. The zero-order valence-electron chi connectivity index (χ0n) is 16.7. The van der Waals surface area contributed by atoms with E-state index in [1.54, 1.807) is 31.6 Å². The Bertz CT molecular complexity index is 983. The summed E-state index contributed by atoms with van der Waals surface area (Å²) in [6.45, 7) is 2.51. The average molecular weight is 437 g/mol. The Morgan fingerprint density at radius 2 is 1.80 bits per heavy atom. The monoisotopic (exact) mass is 437 g/mol. The van der Waals surface area contributed by atoms with Crippen LogP contribution in [0, 0.1) is 5.82 Å². The minimum Gasteiger partial charge on any atom is -0.489 e. The lowest BCUT2D eigenvalue weighted by atomic mass is 10.1. The lowest BCUT2D eigenvalue weighted by Crippen LogP contribution is -2.63. The van der Waals surface area contributed by atoms with Crippen molar-refractivity contribution >= 4 is 15.9 Å². The average Bonchev–Trinajstić information content (AvgIpc) is 2.74.